The third kappa shape index (κ3) is 2.64. The molecule has 1 N–H and O–H groups in total. The van der Waals surface area contributed by atoms with Crippen LogP contribution >= 0.6 is 12.4 Å². The molecule has 0 aromatic heterocycles. The normalized spacial score (nSPS) is 28.0. The number of imide groups is 1. The van der Waals surface area contributed by atoms with Gasteiger partial charge >= 0.3 is 5.97 Å². The minimum absolute atomic E-state index is 0. The molecule has 1 aliphatic carbocycles. The number of nitrogens with zero attached hydrogens (tertiary/aromatic N) is 2. The summed E-state index contributed by atoms with van der Waals surface area (Å²) in [7, 11) is 0. The zero-order valence-electron chi connectivity index (χ0n) is 13.8. The molecule has 4 rings (SSSR count). The number of likely N-dealkylation sites (tertiary alicyclic amines) is 1. The van der Waals surface area contributed by atoms with Crippen LogP contribution in [-0.4, -0.2) is 58.9 Å². The first-order valence-corrected chi connectivity index (χ1v) is 8.44. The lowest BCUT2D eigenvalue weighted by molar-refractivity contribution is -0.149. The van der Waals surface area contributed by atoms with Gasteiger partial charge in [0.15, 0.2) is 0 Å². The largest absolute Gasteiger partial charge is 0.481 e. The van der Waals surface area contributed by atoms with Crippen molar-refractivity contribution in [2.75, 3.05) is 26.2 Å². The number of rotatable bonds is 4. The van der Waals surface area contributed by atoms with Crippen LogP contribution in [0.5, 0.6) is 0 Å². The van der Waals surface area contributed by atoms with Crippen LogP contribution in [0.3, 0.4) is 0 Å². The standard InChI is InChI=1S/C18H20N2O4.ClH/c21-15-13-5-1-2-6-14(13)16(22)20(15)9-8-19-10-12-4-3-7-18(12,11-19)17(23)24;/h1-2,5-6,12H,3-4,7-11H2,(H,23,24);1H/t12-,18+;/m0./s1. The molecule has 0 radical (unpaired) electrons. The molecule has 2 atom stereocenters. The predicted molar refractivity (Wildman–Crippen MR) is 92.9 cm³/mol. The summed E-state index contributed by atoms with van der Waals surface area (Å²) in [6, 6.07) is 6.86. The summed E-state index contributed by atoms with van der Waals surface area (Å²) in [5.74, 6) is -1.00. The number of carbonyl (C=O) groups is 3. The molecule has 2 fully saturated rings. The van der Waals surface area contributed by atoms with E-state index in [1.807, 2.05) is 0 Å². The molecule has 1 aromatic rings. The van der Waals surface area contributed by atoms with Crippen LogP contribution in [0.2, 0.25) is 0 Å². The van der Waals surface area contributed by atoms with Gasteiger partial charge in [-0.2, -0.15) is 0 Å². The molecule has 7 heteroatoms. The number of aliphatic carboxylic acids is 1. The van der Waals surface area contributed by atoms with Crippen LogP contribution in [0.1, 0.15) is 40.0 Å². The van der Waals surface area contributed by atoms with E-state index in [2.05, 4.69) is 4.90 Å². The van der Waals surface area contributed by atoms with Crippen molar-refractivity contribution in [2.45, 2.75) is 19.3 Å². The SMILES string of the molecule is Cl.O=C1c2ccccc2C(=O)N1CCN1C[C@@H]2CCC[C@@]2(C(=O)O)C1. The summed E-state index contributed by atoms with van der Waals surface area (Å²) in [5.41, 5.74) is 0.299. The Morgan fingerprint density at radius 3 is 2.36 bits per heavy atom. The number of hydrogen-bond acceptors (Lipinski definition) is 4. The van der Waals surface area contributed by atoms with E-state index in [-0.39, 0.29) is 30.1 Å². The van der Waals surface area contributed by atoms with Crippen LogP contribution in [0.4, 0.5) is 0 Å². The number of carboxylic acid groups (broad SMARTS) is 1. The molecular weight excluding hydrogens is 344 g/mol. The van der Waals surface area contributed by atoms with E-state index >= 15 is 0 Å². The number of benzene rings is 1. The van der Waals surface area contributed by atoms with Crippen molar-refractivity contribution in [3.05, 3.63) is 35.4 Å². The van der Waals surface area contributed by atoms with E-state index in [1.165, 1.54) is 4.90 Å². The van der Waals surface area contributed by atoms with Crippen molar-refractivity contribution in [1.29, 1.82) is 0 Å². The van der Waals surface area contributed by atoms with Crippen molar-refractivity contribution in [1.82, 2.24) is 9.80 Å². The molecule has 1 saturated heterocycles. The Morgan fingerprint density at radius 1 is 1.16 bits per heavy atom. The summed E-state index contributed by atoms with van der Waals surface area (Å²) in [6.45, 7) is 2.12. The summed E-state index contributed by atoms with van der Waals surface area (Å²) in [4.78, 5) is 39.8. The Bertz CT molecular complexity index is 703. The van der Waals surface area contributed by atoms with Gasteiger partial charge in [0.25, 0.3) is 11.8 Å². The second-order valence-electron chi connectivity index (χ2n) is 7.09. The van der Waals surface area contributed by atoms with E-state index in [0.29, 0.717) is 30.8 Å². The molecule has 6 nitrogen and oxygen atoms in total. The Morgan fingerprint density at radius 2 is 1.80 bits per heavy atom. The van der Waals surface area contributed by atoms with Crippen LogP contribution < -0.4 is 0 Å². The van der Waals surface area contributed by atoms with Crippen molar-refractivity contribution in [2.24, 2.45) is 11.3 Å². The van der Waals surface area contributed by atoms with Crippen LogP contribution in [0.15, 0.2) is 24.3 Å². The highest BCUT2D eigenvalue weighted by molar-refractivity contribution is 6.21. The maximum absolute atomic E-state index is 12.4. The number of halogens is 1. The molecule has 0 unspecified atom stereocenters. The Hall–Kier alpha value is -1.92. The van der Waals surface area contributed by atoms with Gasteiger partial charge in [0.05, 0.1) is 16.5 Å². The highest BCUT2D eigenvalue weighted by Gasteiger charge is 2.54. The van der Waals surface area contributed by atoms with Crippen molar-refractivity contribution in [3.8, 4) is 0 Å². The van der Waals surface area contributed by atoms with Gasteiger partial charge in [0.1, 0.15) is 0 Å². The Balaban J connectivity index is 0.00000182. The average molecular weight is 365 g/mol. The van der Waals surface area contributed by atoms with Gasteiger partial charge in [0, 0.05) is 26.2 Å². The van der Waals surface area contributed by atoms with Crippen molar-refractivity contribution < 1.29 is 19.5 Å². The maximum Gasteiger partial charge on any atom is 0.311 e. The molecule has 1 aromatic carbocycles. The quantitative estimate of drug-likeness (QED) is 0.825. The zero-order valence-corrected chi connectivity index (χ0v) is 14.6. The molecule has 25 heavy (non-hydrogen) atoms. The van der Waals surface area contributed by atoms with Gasteiger partial charge in [-0.1, -0.05) is 18.6 Å². The zero-order chi connectivity index (χ0) is 16.9. The topological polar surface area (TPSA) is 77.9 Å². The number of carboxylic acids is 1. The minimum atomic E-state index is -0.701. The number of carbonyl (C=O) groups excluding carboxylic acids is 2. The van der Waals surface area contributed by atoms with E-state index < -0.39 is 11.4 Å². The van der Waals surface area contributed by atoms with Gasteiger partial charge in [-0.25, -0.2) is 0 Å². The van der Waals surface area contributed by atoms with Gasteiger partial charge in [-0.3, -0.25) is 19.3 Å². The van der Waals surface area contributed by atoms with Crippen molar-refractivity contribution >= 4 is 30.2 Å². The molecule has 0 spiro atoms. The van der Waals surface area contributed by atoms with Crippen LogP contribution in [-0.2, 0) is 4.79 Å². The van der Waals surface area contributed by atoms with Crippen LogP contribution in [0, 0.1) is 11.3 Å². The first-order chi connectivity index (χ1) is 11.5. The predicted octanol–water partition coefficient (Wildman–Crippen LogP) is 1.89. The van der Waals surface area contributed by atoms with E-state index in [9.17, 15) is 19.5 Å². The lowest BCUT2D eigenvalue weighted by atomic mass is 9.81. The average Bonchev–Trinajstić information content (AvgIpc) is 3.18. The first-order valence-electron chi connectivity index (χ1n) is 8.44. The molecule has 2 heterocycles. The fraction of sp³-hybridized carbons (Fsp3) is 0.500. The van der Waals surface area contributed by atoms with Crippen molar-refractivity contribution in [3.63, 3.8) is 0 Å². The summed E-state index contributed by atoms with van der Waals surface area (Å²) >= 11 is 0. The molecule has 0 bridgehead atoms. The number of fused-ring (bicyclic) bond motifs is 2. The molecule has 134 valence electrons. The van der Waals surface area contributed by atoms with E-state index in [0.717, 1.165) is 25.8 Å². The molecular formula is C18H21ClN2O4. The Kier molecular flexibility index (Phi) is 4.60. The highest BCUT2D eigenvalue weighted by Crippen LogP contribution is 2.48. The lowest BCUT2D eigenvalue weighted by Gasteiger charge is -2.24. The molecule has 2 amide bonds. The van der Waals surface area contributed by atoms with Gasteiger partial charge in [0.2, 0.25) is 0 Å². The summed E-state index contributed by atoms with van der Waals surface area (Å²) in [6.07, 6.45) is 2.66. The number of amides is 2. The van der Waals surface area contributed by atoms with Gasteiger partial charge in [-0.05, 0) is 30.9 Å². The van der Waals surface area contributed by atoms with Gasteiger partial charge < -0.3 is 10.0 Å². The smallest absolute Gasteiger partial charge is 0.311 e. The molecule has 2 aliphatic heterocycles. The van der Waals surface area contributed by atoms with Crippen LogP contribution in [0.25, 0.3) is 0 Å². The summed E-state index contributed by atoms with van der Waals surface area (Å²) in [5, 5.41) is 9.63. The Labute approximate surface area is 152 Å². The third-order valence-corrected chi connectivity index (χ3v) is 5.89. The van der Waals surface area contributed by atoms with E-state index in [4.69, 9.17) is 0 Å². The molecule has 3 aliphatic rings. The summed E-state index contributed by atoms with van der Waals surface area (Å²) < 4.78 is 0. The second kappa shape index (κ2) is 6.42. The maximum atomic E-state index is 12.4. The van der Waals surface area contributed by atoms with E-state index in [1.54, 1.807) is 24.3 Å². The lowest BCUT2D eigenvalue weighted by Crippen LogP contribution is -2.39. The highest BCUT2D eigenvalue weighted by atomic mass is 35.5. The number of hydrogen-bond donors (Lipinski definition) is 1. The fourth-order valence-corrected chi connectivity index (χ4v) is 4.60. The monoisotopic (exact) mass is 364 g/mol. The third-order valence-electron chi connectivity index (χ3n) is 5.89. The van der Waals surface area contributed by atoms with Gasteiger partial charge in [-0.15, -0.1) is 12.4 Å². The first kappa shape index (κ1) is 17.9. The molecule has 1 saturated carbocycles. The minimum Gasteiger partial charge on any atom is -0.481 e. The fourth-order valence-electron chi connectivity index (χ4n) is 4.60. The second-order valence-corrected chi connectivity index (χ2v) is 7.09.